The van der Waals surface area contributed by atoms with Crippen molar-refractivity contribution in [3.8, 4) is 0 Å². The van der Waals surface area contributed by atoms with E-state index in [-0.39, 0.29) is 11.2 Å². The molecule has 1 aromatic heterocycles. The highest BCUT2D eigenvalue weighted by molar-refractivity contribution is 4.76. The lowest BCUT2D eigenvalue weighted by Gasteiger charge is -2.17. The fraction of sp³-hybridized carbons (Fsp3) is 0.667. The average molecular weight is 141 g/mol. The number of aromatic amines is 1. The van der Waals surface area contributed by atoms with Crippen LogP contribution in [0.4, 0.5) is 0 Å². The van der Waals surface area contributed by atoms with Crippen molar-refractivity contribution in [1.82, 2.24) is 14.8 Å². The zero-order chi connectivity index (χ0) is 7.78. The van der Waals surface area contributed by atoms with E-state index in [1.54, 1.807) is 4.57 Å². The van der Waals surface area contributed by atoms with Crippen LogP contribution in [-0.4, -0.2) is 14.8 Å². The molecule has 10 heavy (non-hydrogen) atoms. The molecular weight excluding hydrogens is 130 g/mol. The molecule has 1 rings (SSSR count). The normalized spacial score (nSPS) is 11.9. The van der Waals surface area contributed by atoms with E-state index in [1.807, 2.05) is 20.8 Å². The van der Waals surface area contributed by atoms with Gasteiger partial charge < -0.3 is 0 Å². The van der Waals surface area contributed by atoms with E-state index in [0.29, 0.717) is 0 Å². The zero-order valence-electron chi connectivity index (χ0n) is 6.38. The van der Waals surface area contributed by atoms with Crippen LogP contribution in [0.5, 0.6) is 0 Å². The molecule has 0 amide bonds. The molecule has 0 radical (unpaired) electrons. The third-order valence-electron chi connectivity index (χ3n) is 1.27. The van der Waals surface area contributed by atoms with E-state index in [0.717, 1.165) is 0 Å². The fourth-order valence-electron chi connectivity index (χ4n) is 0.726. The van der Waals surface area contributed by atoms with Gasteiger partial charge in [-0.15, -0.1) is 0 Å². The molecule has 0 atom stereocenters. The van der Waals surface area contributed by atoms with E-state index >= 15 is 0 Å². The van der Waals surface area contributed by atoms with Crippen LogP contribution in [0.1, 0.15) is 20.8 Å². The Morgan fingerprint density at radius 2 is 2.20 bits per heavy atom. The second-order valence-electron chi connectivity index (χ2n) is 3.20. The van der Waals surface area contributed by atoms with Crippen LogP contribution in [-0.2, 0) is 5.54 Å². The summed E-state index contributed by atoms with van der Waals surface area (Å²) >= 11 is 0. The minimum absolute atomic E-state index is 0.160. The van der Waals surface area contributed by atoms with Gasteiger partial charge in [0.2, 0.25) is 0 Å². The highest BCUT2D eigenvalue weighted by Gasteiger charge is 2.14. The van der Waals surface area contributed by atoms with Gasteiger partial charge in [0.1, 0.15) is 6.33 Å². The number of hydrogen-bond acceptors (Lipinski definition) is 2. The van der Waals surface area contributed by atoms with Crippen molar-refractivity contribution >= 4 is 0 Å². The SMILES string of the molecule is CC(C)(C)n1cn[nH]c1=O. The van der Waals surface area contributed by atoms with Crippen molar-refractivity contribution < 1.29 is 0 Å². The molecule has 0 saturated carbocycles. The summed E-state index contributed by atoms with van der Waals surface area (Å²) in [7, 11) is 0. The predicted octanol–water partition coefficient (Wildman–Crippen LogP) is 0.326. The number of nitrogens with zero attached hydrogens (tertiary/aromatic N) is 2. The fourth-order valence-corrected chi connectivity index (χ4v) is 0.726. The van der Waals surface area contributed by atoms with Crippen molar-refractivity contribution in [2.24, 2.45) is 0 Å². The van der Waals surface area contributed by atoms with Crippen LogP contribution in [0.15, 0.2) is 11.1 Å². The Kier molecular flexibility index (Phi) is 1.39. The van der Waals surface area contributed by atoms with Gasteiger partial charge in [0.25, 0.3) is 0 Å². The zero-order valence-corrected chi connectivity index (χ0v) is 6.38. The maximum Gasteiger partial charge on any atom is 0.343 e. The lowest BCUT2D eigenvalue weighted by molar-refractivity contribution is 0.384. The van der Waals surface area contributed by atoms with Crippen LogP contribution >= 0.6 is 0 Å². The maximum atomic E-state index is 10.9. The largest absolute Gasteiger partial charge is 0.343 e. The monoisotopic (exact) mass is 141 g/mol. The van der Waals surface area contributed by atoms with E-state index in [1.165, 1.54) is 6.33 Å². The summed E-state index contributed by atoms with van der Waals surface area (Å²) in [5.74, 6) is 0. The first kappa shape index (κ1) is 7.05. The van der Waals surface area contributed by atoms with Gasteiger partial charge in [0, 0.05) is 5.54 Å². The van der Waals surface area contributed by atoms with Crippen LogP contribution in [0.3, 0.4) is 0 Å². The number of H-pyrrole nitrogens is 1. The van der Waals surface area contributed by atoms with E-state index in [9.17, 15) is 4.79 Å². The molecule has 0 aromatic carbocycles. The van der Waals surface area contributed by atoms with Crippen LogP contribution in [0.2, 0.25) is 0 Å². The minimum atomic E-state index is -0.177. The molecule has 0 saturated heterocycles. The van der Waals surface area contributed by atoms with Gasteiger partial charge in [-0.1, -0.05) is 0 Å². The van der Waals surface area contributed by atoms with Gasteiger partial charge in [-0.2, -0.15) is 5.10 Å². The molecule has 0 fully saturated rings. The molecule has 4 heteroatoms. The van der Waals surface area contributed by atoms with Crippen molar-refractivity contribution in [3.63, 3.8) is 0 Å². The van der Waals surface area contributed by atoms with Crippen molar-refractivity contribution in [2.45, 2.75) is 26.3 Å². The summed E-state index contributed by atoms with van der Waals surface area (Å²) in [4.78, 5) is 10.9. The Labute approximate surface area is 58.9 Å². The molecule has 0 bridgehead atoms. The van der Waals surface area contributed by atoms with Gasteiger partial charge in [0.05, 0.1) is 0 Å². The molecule has 0 aliphatic carbocycles. The number of nitrogens with one attached hydrogen (secondary N) is 1. The summed E-state index contributed by atoms with van der Waals surface area (Å²) in [5.41, 5.74) is -0.336. The number of rotatable bonds is 0. The van der Waals surface area contributed by atoms with Crippen LogP contribution < -0.4 is 5.69 Å². The van der Waals surface area contributed by atoms with Gasteiger partial charge in [-0.3, -0.25) is 4.57 Å². The highest BCUT2D eigenvalue weighted by atomic mass is 16.1. The summed E-state index contributed by atoms with van der Waals surface area (Å²) in [5, 5.41) is 5.95. The second-order valence-corrected chi connectivity index (χ2v) is 3.20. The van der Waals surface area contributed by atoms with Gasteiger partial charge in [-0.05, 0) is 20.8 Å². The first-order valence-electron chi connectivity index (χ1n) is 3.14. The molecule has 0 aliphatic heterocycles. The Bertz CT molecular complexity index is 265. The Morgan fingerprint density at radius 3 is 2.40 bits per heavy atom. The number of aromatic nitrogens is 3. The highest BCUT2D eigenvalue weighted by Crippen LogP contribution is 2.07. The van der Waals surface area contributed by atoms with Crippen molar-refractivity contribution in [1.29, 1.82) is 0 Å². The smallest absolute Gasteiger partial charge is 0.276 e. The quantitative estimate of drug-likeness (QED) is 0.566. The Hall–Kier alpha value is -1.06. The molecule has 0 unspecified atom stereocenters. The van der Waals surface area contributed by atoms with E-state index in [2.05, 4.69) is 10.2 Å². The summed E-state index contributed by atoms with van der Waals surface area (Å²) < 4.78 is 1.55. The molecule has 0 aliphatic rings. The molecule has 56 valence electrons. The molecule has 4 nitrogen and oxygen atoms in total. The van der Waals surface area contributed by atoms with E-state index in [4.69, 9.17) is 0 Å². The van der Waals surface area contributed by atoms with Crippen LogP contribution in [0.25, 0.3) is 0 Å². The van der Waals surface area contributed by atoms with Crippen molar-refractivity contribution in [2.75, 3.05) is 0 Å². The first-order valence-corrected chi connectivity index (χ1v) is 3.14. The third-order valence-corrected chi connectivity index (χ3v) is 1.27. The Morgan fingerprint density at radius 1 is 1.60 bits per heavy atom. The summed E-state index contributed by atoms with van der Waals surface area (Å²) in [6, 6.07) is 0. The van der Waals surface area contributed by atoms with Crippen molar-refractivity contribution in [3.05, 3.63) is 16.8 Å². The topological polar surface area (TPSA) is 50.7 Å². The first-order chi connectivity index (χ1) is 4.52. The van der Waals surface area contributed by atoms with Gasteiger partial charge in [0.15, 0.2) is 0 Å². The van der Waals surface area contributed by atoms with E-state index < -0.39 is 0 Å². The molecule has 1 aromatic rings. The maximum absolute atomic E-state index is 10.9. The van der Waals surface area contributed by atoms with Crippen LogP contribution in [0, 0.1) is 0 Å². The Balaban J connectivity index is 3.18. The molecular formula is C6H11N3O. The minimum Gasteiger partial charge on any atom is -0.276 e. The lowest BCUT2D eigenvalue weighted by atomic mass is 10.1. The molecule has 1 heterocycles. The number of hydrogen-bond donors (Lipinski definition) is 1. The molecule has 1 N–H and O–H groups in total. The summed E-state index contributed by atoms with van der Waals surface area (Å²) in [6.07, 6.45) is 1.50. The second kappa shape index (κ2) is 1.97. The average Bonchev–Trinajstić information content (AvgIpc) is 2.11. The predicted molar refractivity (Wildman–Crippen MR) is 37.8 cm³/mol. The van der Waals surface area contributed by atoms with Gasteiger partial charge >= 0.3 is 5.69 Å². The lowest BCUT2D eigenvalue weighted by Crippen LogP contribution is -2.31. The summed E-state index contributed by atoms with van der Waals surface area (Å²) in [6.45, 7) is 5.84. The van der Waals surface area contributed by atoms with Gasteiger partial charge in [-0.25, -0.2) is 9.89 Å². The third kappa shape index (κ3) is 1.10. The standard InChI is InChI=1S/C6H11N3O/c1-6(2,3)9-4-7-8-5(9)10/h4H,1-3H3,(H,8,10). The molecule has 0 spiro atoms.